The number of hydrogen-bond donors (Lipinski definition) is 10. The number of halogens is 1. The molecule has 6 amide bonds. The van der Waals surface area contributed by atoms with Crippen molar-refractivity contribution in [1.82, 2.24) is 14.7 Å². The van der Waals surface area contributed by atoms with Crippen LogP contribution >= 0.6 is 0 Å². The Morgan fingerprint density at radius 3 is 0.805 bits per heavy atom. The summed E-state index contributed by atoms with van der Waals surface area (Å²) < 4.78 is 72.0. The maximum absolute atomic E-state index is 13.5. The zero-order valence-electron chi connectivity index (χ0n) is 82.1. The minimum Gasteiger partial charge on any atom is -0.504 e. The summed E-state index contributed by atoms with van der Waals surface area (Å²) in [6, 6.07) is 68.5. The Morgan fingerprint density at radius 1 is 0.302 bits per heavy atom. The Bertz CT molecular complexity index is 7480. The lowest BCUT2D eigenvalue weighted by molar-refractivity contribution is 0.0302. The van der Waals surface area contributed by atoms with Crippen LogP contribution in [0.5, 0.6) is 74.7 Å². The van der Waals surface area contributed by atoms with Gasteiger partial charge in [0.2, 0.25) is 17.7 Å². The molecule has 0 spiro atoms. The first-order valence-electron chi connectivity index (χ1n) is 44.4. The van der Waals surface area contributed by atoms with Crippen LogP contribution in [0, 0.1) is 5.82 Å². The van der Waals surface area contributed by atoms with E-state index in [0.29, 0.717) is 148 Å². The molecule has 35 nitrogen and oxygen atoms in total. The Morgan fingerprint density at radius 2 is 0.537 bits per heavy atom. The van der Waals surface area contributed by atoms with Gasteiger partial charge < -0.3 is 101 Å². The second kappa shape index (κ2) is 52.7. The number of phenolic OH excluding ortho intramolecular Hbond substituents is 7. The van der Waals surface area contributed by atoms with Crippen LogP contribution in [0.4, 0.5) is 4.39 Å². The van der Waals surface area contributed by atoms with Crippen molar-refractivity contribution in [3.8, 4) is 153 Å². The number of aromatic hydroxyl groups is 7. The molecule has 1 aliphatic heterocycles. The van der Waals surface area contributed by atoms with Crippen LogP contribution in [-0.4, -0.2) is 242 Å². The number of rotatable bonds is 27. The van der Waals surface area contributed by atoms with Crippen molar-refractivity contribution in [2.45, 2.75) is 4.90 Å². The van der Waals surface area contributed by atoms with Crippen molar-refractivity contribution in [2.75, 3.05) is 103 Å². The number of hydrogen-bond acceptors (Lipinski definition) is 29. The van der Waals surface area contributed by atoms with Gasteiger partial charge >= 0.3 is 0 Å². The normalized spacial score (nSPS) is 10.9. The van der Waals surface area contributed by atoms with Crippen LogP contribution < -0.4 is 45.6 Å². The first-order chi connectivity index (χ1) is 71.1. The number of morpholine rings is 1. The van der Waals surface area contributed by atoms with E-state index in [-0.39, 0.29) is 136 Å². The van der Waals surface area contributed by atoms with Gasteiger partial charge in [0.05, 0.1) is 99.7 Å². The van der Waals surface area contributed by atoms with Crippen LogP contribution in [0.25, 0.3) is 77.9 Å². The van der Waals surface area contributed by atoms with Crippen molar-refractivity contribution in [3.05, 3.63) is 333 Å². The van der Waals surface area contributed by atoms with Gasteiger partial charge in [-0.05, 0) is 248 Å². The minimum absolute atomic E-state index is 0.0495. The SMILES string of the molecule is COc1cc(-c2ccc(C(=O)N(C)C)cc2)cc(C=O)c1O.COc1cc(-c2ccc(C(N)=O)cc2)cc(C=O)c1O.COc1cc(-c2ccc(S(C)(=O)=O)cc2)cc(C=O)c1O.COc1cc(-c2cccc(C(=O)N(C)C)c2)cc(C=O)c1O.COc1cc(-c2cccc(C(=O)N3CCOCC3)c2)cc(C=O)c1O.COc1cc(-c2cccc(C(N)=O)c2)cc(C=O)c1O.NC(=O)c1cccc(-c2cc(F)c(O)c(C=O)c2)c1. The molecule has 0 radical (unpaired) electrons. The average Bonchev–Trinajstić information content (AvgIpc) is 0.782. The highest BCUT2D eigenvalue weighted by molar-refractivity contribution is 7.90. The highest BCUT2D eigenvalue weighted by atomic mass is 32.2. The molecule has 0 unspecified atom stereocenters. The monoisotopic (exact) mass is 2050 g/mol. The maximum Gasteiger partial charge on any atom is 0.254 e. The summed E-state index contributed by atoms with van der Waals surface area (Å²) in [7, 11) is 11.9. The van der Waals surface area contributed by atoms with Gasteiger partial charge in [0, 0.05) is 80.9 Å². The van der Waals surface area contributed by atoms with Gasteiger partial charge in [0.1, 0.15) is 0 Å². The van der Waals surface area contributed by atoms with Crippen LogP contribution in [0.3, 0.4) is 0 Å². The van der Waals surface area contributed by atoms with Crippen molar-refractivity contribution in [1.29, 1.82) is 0 Å². The zero-order valence-corrected chi connectivity index (χ0v) is 82.9. The third-order valence-corrected chi connectivity index (χ3v) is 23.6. The molecule has 0 saturated carbocycles. The van der Waals surface area contributed by atoms with Gasteiger partial charge in [-0.3, -0.25) is 62.3 Å². The third kappa shape index (κ3) is 29.1. The molecule has 13 N–H and O–H groups in total. The lowest BCUT2D eigenvalue weighted by Crippen LogP contribution is -2.40. The quantitative estimate of drug-likeness (QED) is 0.0214. The van der Waals surface area contributed by atoms with Gasteiger partial charge in [-0.2, -0.15) is 0 Å². The van der Waals surface area contributed by atoms with Crippen molar-refractivity contribution in [3.63, 3.8) is 0 Å². The topological polar surface area (TPSA) is 550 Å². The molecule has 37 heteroatoms. The minimum atomic E-state index is -3.26. The number of carbonyl (C=O) groups is 13. The van der Waals surface area contributed by atoms with Crippen LogP contribution in [-0.2, 0) is 14.6 Å². The fourth-order valence-electron chi connectivity index (χ4n) is 14.5. The fourth-order valence-corrected chi connectivity index (χ4v) is 15.1. The zero-order chi connectivity index (χ0) is 109. The number of sulfone groups is 1. The van der Waals surface area contributed by atoms with Gasteiger partial charge in [-0.25, -0.2) is 12.8 Å². The third-order valence-electron chi connectivity index (χ3n) is 22.5. The Kier molecular flexibility index (Phi) is 40.1. The molecule has 768 valence electrons. The molecule has 14 aromatic carbocycles. The molecule has 149 heavy (non-hydrogen) atoms. The summed E-state index contributed by atoms with van der Waals surface area (Å²) in [5.41, 5.74) is 28.4. The van der Waals surface area contributed by atoms with Gasteiger partial charge in [0.15, 0.2) is 134 Å². The number of nitrogens with zero attached hydrogens (tertiary/aromatic N) is 3. The first kappa shape index (κ1) is 113. The highest BCUT2D eigenvalue weighted by Gasteiger charge is 2.24. The van der Waals surface area contributed by atoms with Gasteiger partial charge in [-0.1, -0.05) is 84.9 Å². The largest absolute Gasteiger partial charge is 0.504 e. The number of phenols is 7. The summed E-state index contributed by atoms with van der Waals surface area (Å²) in [6.07, 6.45) is 4.84. The first-order valence-corrected chi connectivity index (χ1v) is 46.3. The molecular weight excluding hydrogens is 1940 g/mol. The van der Waals surface area contributed by atoms with E-state index in [1.54, 1.807) is 227 Å². The molecule has 1 fully saturated rings. The summed E-state index contributed by atoms with van der Waals surface area (Å²) >= 11 is 0. The molecule has 0 bridgehead atoms. The van der Waals surface area contributed by atoms with Gasteiger partial charge in [0.25, 0.3) is 17.7 Å². The molecule has 1 heterocycles. The van der Waals surface area contributed by atoms with Crippen LogP contribution in [0.15, 0.2) is 260 Å². The van der Waals surface area contributed by atoms with Crippen molar-refractivity contribution in [2.24, 2.45) is 17.2 Å². The predicted molar refractivity (Wildman–Crippen MR) is 553 cm³/mol. The van der Waals surface area contributed by atoms with E-state index in [4.69, 9.17) is 50.4 Å². The molecule has 0 aliphatic carbocycles. The van der Waals surface area contributed by atoms with E-state index >= 15 is 0 Å². The molecule has 1 aliphatic rings. The van der Waals surface area contributed by atoms with Crippen molar-refractivity contribution >= 4 is 89.3 Å². The Hall–Kier alpha value is -19.2. The number of aldehydes is 7. The number of nitrogens with two attached hydrogens (primary N) is 3. The summed E-state index contributed by atoms with van der Waals surface area (Å²) in [5, 5.41) is 68.3. The second-order valence-electron chi connectivity index (χ2n) is 32.6. The van der Waals surface area contributed by atoms with E-state index < -0.39 is 39.1 Å². The summed E-state index contributed by atoms with van der Waals surface area (Å²) in [6.45, 7) is 2.24. The fraction of sp³-hybridized carbons (Fsp3) is 0.134. The number of primary amides is 3. The lowest BCUT2D eigenvalue weighted by Gasteiger charge is -2.27. The number of carbonyl (C=O) groups excluding carboxylic acids is 13. The predicted octanol–water partition coefficient (Wildman–Crippen LogP) is 15.9. The van der Waals surface area contributed by atoms with E-state index in [2.05, 4.69) is 0 Å². The molecular formula is C112H103FN6O29S. The standard InChI is InChI=1S/C19H19NO5.2C17H17NO4.2C15H13NO4.C15H14O5S.C14H10FNO3/c1-24-17-11-15(10-16(12-21)18(17)22)13-3-2-4-14(9-13)19(23)20-5-7-25-8-6-20;1-18(2)17(21)12-6-4-11(5-7-12)13-8-14(10-19)16(20)15(9-13)22-3;1-18(2)17(21)12-6-4-5-11(7-12)13-8-14(10-19)16(20)15(9-13)22-3;1-20-13-7-11(6-12(8-17)14(13)18)9-2-4-10(5-3-9)15(16)19;1-20-13-7-11(6-12(8-17)14(13)18)9-3-2-4-10(5-9)15(16)19;1-20-14-8-11(7-12(9-16)15(14)17)10-3-5-13(6-4-10)21(2,18)19;15-12-6-10(5-11(7-17)13(12)18)8-2-1-3-9(4-8)14(16)19/h2-4,9-12,22H,5-8H2,1H3;2*4-10,20H,1-3H3;2*2-8,18H,1H3,(H2,16,19);3-9,17H,1-2H3;1-7,18H,(H2,16,19). The number of methoxy groups -OCH3 is 6. The van der Waals surface area contributed by atoms with Gasteiger partial charge in [-0.15, -0.1) is 0 Å². The molecule has 1 saturated heterocycles. The molecule has 14 aromatic rings. The molecule has 0 aromatic heterocycles. The lowest BCUT2D eigenvalue weighted by atomic mass is 9.99. The van der Waals surface area contributed by atoms with E-state index in [1.807, 2.05) is 12.1 Å². The number of amides is 6. The summed E-state index contributed by atoms with van der Waals surface area (Å²) in [5.74, 6) is -3.42. The second-order valence-corrected chi connectivity index (χ2v) is 34.6. The maximum atomic E-state index is 13.5. The Balaban J connectivity index is 0.000000193. The van der Waals surface area contributed by atoms with E-state index in [9.17, 15) is 111 Å². The highest BCUT2D eigenvalue weighted by Crippen LogP contribution is 2.43. The van der Waals surface area contributed by atoms with Crippen LogP contribution in [0.1, 0.15) is 135 Å². The smallest absolute Gasteiger partial charge is 0.254 e. The average molecular weight is 2050 g/mol. The summed E-state index contributed by atoms with van der Waals surface area (Å²) in [4.78, 5) is 152. The molecule has 15 rings (SSSR count). The van der Waals surface area contributed by atoms with E-state index in [1.165, 1.54) is 94.9 Å². The van der Waals surface area contributed by atoms with Crippen molar-refractivity contribution < 1.29 is 144 Å². The molecule has 0 atom stereocenters. The number of benzene rings is 14. The van der Waals surface area contributed by atoms with Crippen LogP contribution in [0.2, 0.25) is 0 Å². The number of ether oxygens (including phenoxy) is 7. The van der Waals surface area contributed by atoms with E-state index in [0.717, 1.165) is 40.1 Å². The Labute approximate surface area is 854 Å².